The number of rotatable bonds is 5. The summed E-state index contributed by atoms with van der Waals surface area (Å²) in [6.45, 7) is 3.09. The number of fused-ring (bicyclic) bond motifs is 1. The molecule has 0 fully saturated rings. The van der Waals surface area contributed by atoms with E-state index in [4.69, 9.17) is 0 Å². The zero-order chi connectivity index (χ0) is 13.8. The third-order valence-corrected chi connectivity index (χ3v) is 4.49. The van der Waals surface area contributed by atoms with E-state index < -0.39 is 0 Å². The van der Waals surface area contributed by atoms with E-state index in [-0.39, 0.29) is 6.04 Å². The molecule has 0 aliphatic carbocycles. The van der Waals surface area contributed by atoms with Gasteiger partial charge in [-0.05, 0) is 47.5 Å². The van der Waals surface area contributed by atoms with Crippen LogP contribution in [0.4, 0.5) is 0 Å². The lowest BCUT2D eigenvalue weighted by Gasteiger charge is -2.17. The minimum atomic E-state index is 0.277. The van der Waals surface area contributed by atoms with Gasteiger partial charge < -0.3 is 5.32 Å². The maximum atomic E-state index is 4.50. The molecule has 0 radical (unpaired) electrons. The molecule has 0 amide bonds. The van der Waals surface area contributed by atoms with Crippen molar-refractivity contribution in [3.63, 3.8) is 0 Å². The fraction of sp³-hybridized carbons (Fsp3) is 0.235. The first-order chi connectivity index (χ1) is 9.88. The van der Waals surface area contributed by atoms with E-state index in [0.29, 0.717) is 0 Å². The quantitative estimate of drug-likeness (QED) is 0.759. The molecule has 102 valence electrons. The second-order valence-corrected chi connectivity index (χ2v) is 5.74. The molecule has 2 aromatic heterocycles. The molecule has 0 aliphatic rings. The van der Waals surface area contributed by atoms with Crippen molar-refractivity contribution in [1.29, 1.82) is 0 Å². The third kappa shape index (κ3) is 2.74. The van der Waals surface area contributed by atoms with E-state index in [2.05, 4.69) is 59.0 Å². The van der Waals surface area contributed by atoms with Gasteiger partial charge in [0, 0.05) is 10.9 Å². The van der Waals surface area contributed by atoms with E-state index in [0.717, 1.165) is 18.7 Å². The molecule has 3 rings (SSSR count). The Balaban J connectivity index is 1.90. The van der Waals surface area contributed by atoms with Crippen LogP contribution in [0.1, 0.15) is 24.2 Å². The lowest BCUT2D eigenvalue weighted by molar-refractivity contribution is 0.538. The van der Waals surface area contributed by atoms with Crippen LogP contribution in [0.5, 0.6) is 0 Å². The van der Waals surface area contributed by atoms with E-state index in [1.54, 1.807) is 0 Å². The number of pyridine rings is 1. The average Bonchev–Trinajstić information content (AvgIpc) is 2.91. The molecule has 1 unspecified atom stereocenters. The predicted molar refractivity (Wildman–Crippen MR) is 86.2 cm³/mol. The molecule has 0 aliphatic heterocycles. The van der Waals surface area contributed by atoms with Crippen molar-refractivity contribution < 1.29 is 0 Å². The van der Waals surface area contributed by atoms with Crippen molar-refractivity contribution in [3.8, 4) is 0 Å². The fourth-order valence-corrected chi connectivity index (χ4v) is 3.50. The second kappa shape index (κ2) is 6.16. The van der Waals surface area contributed by atoms with E-state index in [1.165, 1.54) is 15.6 Å². The molecule has 0 spiro atoms. The zero-order valence-electron chi connectivity index (χ0n) is 11.5. The van der Waals surface area contributed by atoms with Crippen LogP contribution in [0.2, 0.25) is 0 Å². The molecule has 1 aromatic carbocycles. The van der Waals surface area contributed by atoms with Gasteiger partial charge in [-0.25, -0.2) is 0 Å². The maximum absolute atomic E-state index is 4.50. The van der Waals surface area contributed by atoms with E-state index >= 15 is 0 Å². The summed E-state index contributed by atoms with van der Waals surface area (Å²) in [7, 11) is 0. The molecule has 1 atom stereocenters. The first-order valence-electron chi connectivity index (χ1n) is 6.98. The Kier molecular flexibility index (Phi) is 4.09. The lowest BCUT2D eigenvalue weighted by atomic mass is 10.0. The molecule has 0 saturated carbocycles. The summed E-state index contributed by atoms with van der Waals surface area (Å²) in [4.78, 5) is 4.50. The van der Waals surface area contributed by atoms with Gasteiger partial charge in [-0.3, -0.25) is 4.98 Å². The Hall–Kier alpha value is -1.71. The number of nitrogens with zero attached hydrogens (tertiary/aromatic N) is 1. The number of hydrogen-bond donors (Lipinski definition) is 1. The minimum Gasteiger partial charge on any atom is -0.309 e. The van der Waals surface area contributed by atoms with Gasteiger partial charge in [-0.2, -0.15) is 0 Å². The minimum absolute atomic E-state index is 0.277. The van der Waals surface area contributed by atoms with Gasteiger partial charge in [0.15, 0.2) is 0 Å². The fourth-order valence-electron chi connectivity index (χ4n) is 2.52. The summed E-state index contributed by atoms with van der Waals surface area (Å²) in [5.74, 6) is 0. The first kappa shape index (κ1) is 13.3. The first-order valence-corrected chi connectivity index (χ1v) is 7.86. The summed E-state index contributed by atoms with van der Waals surface area (Å²) in [6.07, 6.45) is 2.85. The zero-order valence-corrected chi connectivity index (χ0v) is 12.4. The maximum Gasteiger partial charge on any atom is 0.0576 e. The largest absolute Gasteiger partial charge is 0.309 e. The highest BCUT2D eigenvalue weighted by Gasteiger charge is 2.14. The van der Waals surface area contributed by atoms with Gasteiger partial charge in [0.1, 0.15) is 0 Å². The molecule has 3 heteroatoms. The van der Waals surface area contributed by atoms with Crippen molar-refractivity contribution >= 4 is 21.4 Å². The van der Waals surface area contributed by atoms with Crippen molar-refractivity contribution in [2.75, 3.05) is 6.54 Å². The van der Waals surface area contributed by atoms with Crippen LogP contribution in [0.25, 0.3) is 10.1 Å². The summed E-state index contributed by atoms with van der Waals surface area (Å²) in [5.41, 5.74) is 2.52. The molecule has 0 saturated heterocycles. The molecule has 2 nitrogen and oxygen atoms in total. The molecule has 3 aromatic rings. The number of hydrogen-bond acceptors (Lipinski definition) is 3. The van der Waals surface area contributed by atoms with Gasteiger partial charge >= 0.3 is 0 Å². The topological polar surface area (TPSA) is 24.9 Å². The van der Waals surface area contributed by atoms with E-state index in [1.807, 2.05) is 23.6 Å². The number of benzene rings is 1. The Morgan fingerprint density at radius 3 is 2.80 bits per heavy atom. The van der Waals surface area contributed by atoms with Crippen LogP contribution in [-0.4, -0.2) is 11.5 Å². The van der Waals surface area contributed by atoms with Crippen LogP contribution in [-0.2, 0) is 6.42 Å². The number of likely N-dealkylation sites (N-methyl/N-ethyl adjacent to an activating group) is 1. The summed E-state index contributed by atoms with van der Waals surface area (Å²) >= 11 is 1.82. The van der Waals surface area contributed by atoms with Crippen LogP contribution < -0.4 is 5.32 Å². The summed E-state index contributed by atoms with van der Waals surface area (Å²) in [5, 5.41) is 7.19. The Labute approximate surface area is 123 Å². The molecular weight excluding hydrogens is 264 g/mol. The van der Waals surface area contributed by atoms with Gasteiger partial charge in [0.2, 0.25) is 0 Å². The molecule has 1 N–H and O–H groups in total. The molecular formula is C17H18N2S. The number of thiophene rings is 1. The molecule has 0 bridgehead atoms. The van der Waals surface area contributed by atoms with Gasteiger partial charge in [-0.1, -0.05) is 31.2 Å². The summed E-state index contributed by atoms with van der Waals surface area (Å²) < 4.78 is 1.36. The van der Waals surface area contributed by atoms with Crippen LogP contribution >= 0.6 is 11.3 Å². The highest BCUT2D eigenvalue weighted by atomic mass is 32.1. The smallest absolute Gasteiger partial charge is 0.0576 e. The van der Waals surface area contributed by atoms with Crippen molar-refractivity contribution in [2.45, 2.75) is 19.4 Å². The Bertz CT molecular complexity index is 676. The predicted octanol–water partition coefficient (Wildman–Crippen LogP) is 4.19. The van der Waals surface area contributed by atoms with Gasteiger partial charge in [-0.15, -0.1) is 11.3 Å². The highest BCUT2D eigenvalue weighted by molar-refractivity contribution is 7.17. The molecule has 2 heterocycles. The summed E-state index contributed by atoms with van der Waals surface area (Å²) in [6, 6.07) is 15.0. The SMILES string of the molecule is CCNC(Cc1csc2ccccc12)c1ccccn1. The van der Waals surface area contributed by atoms with Gasteiger partial charge in [0.25, 0.3) is 0 Å². The monoisotopic (exact) mass is 282 g/mol. The Morgan fingerprint density at radius 1 is 1.15 bits per heavy atom. The average molecular weight is 282 g/mol. The normalized spacial score (nSPS) is 12.7. The van der Waals surface area contributed by atoms with Crippen LogP contribution in [0.3, 0.4) is 0 Å². The van der Waals surface area contributed by atoms with E-state index in [9.17, 15) is 0 Å². The lowest BCUT2D eigenvalue weighted by Crippen LogP contribution is -2.23. The van der Waals surface area contributed by atoms with Crippen LogP contribution in [0.15, 0.2) is 54.0 Å². The standard InChI is InChI=1S/C17H18N2S/c1-2-18-16(15-8-5-6-10-19-15)11-13-12-20-17-9-4-3-7-14(13)17/h3-10,12,16,18H,2,11H2,1H3. The number of aromatic nitrogens is 1. The van der Waals surface area contributed by atoms with Gasteiger partial charge in [0.05, 0.1) is 11.7 Å². The molecule has 20 heavy (non-hydrogen) atoms. The van der Waals surface area contributed by atoms with Crippen molar-refractivity contribution in [2.24, 2.45) is 0 Å². The van der Waals surface area contributed by atoms with Crippen molar-refractivity contribution in [3.05, 3.63) is 65.3 Å². The third-order valence-electron chi connectivity index (χ3n) is 3.48. The Morgan fingerprint density at radius 2 is 2.00 bits per heavy atom. The highest BCUT2D eigenvalue weighted by Crippen LogP contribution is 2.29. The van der Waals surface area contributed by atoms with Crippen LogP contribution in [0, 0.1) is 0 Å². The van der Waals surface area contributed by atoms with Crippen molar-refractivity contribution in [1.82, 2.24) is 10.3 Å². The number of nitrogens with one attached hydrogen (secondary N) is 1. The second-order valence-electron chi connectivity index (χ2n) is 4.83.